The first-order valence-electron chi connectivity index (χ1n) is 7.76. The van der Waals surface area contributed by atoms with Gasteiger partial charge in [0.2, 0.25) is 5.95 Å². The smallest absolute Gasteiger partial charge is 0.225 e. The third-order valence-corrected chi connectivity index (χ3v) is 4.24. The van der Waals surface area contributed by atoms with Gasteiger partial charge in [-0.2, -0.15) is 0 Å². The van der Waals surface area contributed by atoms with Gasteiger partial charge < -0.3 is 9.32 Å². The van der Waals surface area contributed by atoms with Crippen LogP contribution >= 0.6 is 0 Å². The van der Waals surface area contributed by atoms with Gasteiger partial charge in [0.15, 0.2) is 5.89 Å². The van der Waals surface area contributed by atoms with Crippen LogP contribution in [-0.2, 0) is 6.54 Å². The number of hydrogen-bond acceptors (Lipinski definition) is 6. The van der Waals surface area contributed by atoms with E-state index in [1.807, 2.05) is 26.2 Å². The van der Waals surface area contributed by atoms with Crippen LogP contribution in [0.1, 0.15) is 30.0 Å². The van der Waals surface area contributed by atoms with Gasteiger partial charge in [-0.05, 0) is 25.3 Å². The quantitative estimate of drug-likeness (QED) is 0.862. The van der Waals surface area contributed by atoms with Gasteiger partial charge in [0.25, 0.3) is 0 Å². The maximum Gasteiger partial charge on any atom is 0.225 e. The van der Waals surface area contributed by atoms with Crippen molar-refractivity contribution in [2.45, 2.75) is 39.3 Å². The van der Waals surface area contributed by atoms with Gasteiger partial charge in [0, 0.05) is 52.0 Å². The predicted octanol–water partition coefficient (Wildman–Crippen LogP) is 2.18. The second-order valence-electron chi connectivity index (χ2n) is 6.04. The standard InChI is InChI=1S/C16H23N5O/c1-12-8-17-16(18-9-12)20(3)15-4-6-21(7-5-15)10-14-11-22-13(2)19-14/h8-9,11,15H,4-7,10H2,1-3H3. The largest absolute Gasteiger partial charge is 0.449 e. The molecule has 0 N–H and O–H groups in total. The molecule has 0 atom stereocenters. The molecule has 0 amide bonds. The summed E-state index contributed by atoms with van der Waals surface area (Å²) >= 11 is 0. The zero-order valence-corrected chi connectivity index (χ0v) is 13.5. The number of piperidine rings is 1. The first-order valence-corrected chi connectivity index (χ1v) is 7.76. The lowest BCUT2D eigenvalue weighted by molar-refractivity contribution is 0.200. The SMILES string of the molecule is Cc1cnc(N(C)C2CCN(Cc3coc(C)n3)CC2)nc1. The zero-order chi connectivity index (χ0) is 15.5. The second kappa shape index (κ2) is 6.44. The molecule has 6 heteroatoms. The van der Waals surface area contributed by atoms with Crippen molar-refractivity contribution in [3.8, 4) is 0 Å². The van der Waals surface area contributed by atoms with Crippen LogP contribution in [0.4, 0.5) is 5.95 Å². The number of anilines is 1. The van der Waals surface area contributed by atoms with Gasteiger partial charge >= 0.3 is 0 Å². The average molecular weight is 301 g/mol. The van der Waals surface area contributed by atoms with E-state index in [9.17, 15) is 0 Å². The molecule has 2 aromatic rings. The molecule has 1 aliphatic heterocycles. The molecule has 1 saturated heterocycles. The maximum absolute atomic E-state index is 5.27. The Morgan fingerprint density at radius 2 is 1.91 bits per heavy atom. The summed E-state index contributed by atoms with van der Waals surface area (Å²) in [7, 11) is 2.09. The lowest BCUT2D eigenvalue weighted by atomic mass is 10.0. The van der Waals surface area contributed by atoms with Crippen LogP contribution in [0.3, 0.4) is 0 Å². The molecule has 0 aliphatic carbocycles. The normalized spacial score (nSPS) is 16.9. The molecule has 22 heavy (non-hydrogen) atoms. The van der Waals surface area contributed by atoms with E-state index in [-0.39, 0.29) is 0 Å². The van der Waals surface area contributed by atoms with Crippen molar-refractivity contribution in [2.75, 3.05) is 25.0 Å². The molecule has 2 aromatic heterocycles. The lowest BCUT2D eigenvalue weighted by Gasteiger charge is -2.36. The summed E-state index contributed by atoms with van der Waals surface area (Å²) < 4.78 is 5.27. The summed E-state index contributed by atoms with van der Waals surface area (Å²) in [6.45, 7) is 6.88. The minimum atomic E-state index is 0.498. The third-order valence-electron chi connectivity index (χ3n) is 4.24. The van der Waals surface area contributed by atoms with Crippen molar-refractivity contribution < 1.29 is 4.42 Å². The van der Waals surface area contributed by atoms with Crippen LogP contribution < -0.4 is 4.90 Å². The second-order valence-corrected chi connectivity index (χ2v) is 6.04. The molecule has 3 rings (SSSR count). The van der Waals surface area contributed by atoms with E-state index >= 15 is 0 Å². The van der Waals surface area contributed by atoms with Gasteiger partial charge in [-0.1, -0.05) is 0 Å². The molecular weight excluding hydrogens is 278 g/mol. The molecule has 0 bridgehead atoms. The first-order chi connectivity index (χ1) is 10.6. The van der Waals surface area contributed by atoms with Crippen LogP contribution in [0.5, 0.6) is 0 Å². The summed E-state index contributed by atoms with van der Waals surface area (Å²) in [6, 6.07) is 0.498. The Morgan fingerprint density at radius 1 is 1.23 bits per heavy atom. The molecule has 0 aromatic carbocycles. The molecule has 0 spiro atoms. The highest BCUT2D eigenvalue weighted by Crippen LogP contribution is 2.20. The van der Waals surface area contributed by atoms with Crippen LogP contribution in [0, 0.1) is 13.8 Å². The fraction of sp³-hybridized carbons (Fsp3) is 0.562. The van der Waals surface area contributed by atoms with Crippen molar-refractivity contribution in [3.05, 3.63) is 35.8 Å². The average Bonchev–Trinajstić information content (AvgIpc) is 2.93. The minimum Gasteiger partial charge on any atom is -0.449 e. The third kappa shape index (κ3) is 3.44. The number of rotatable bonds is 4. The van der Waals surface area contributed by atoms with E-state index in [0.717, 1.165) is 55.6 Å². The van der Waals surface area contributed by atoms with Crippen molar-refractivity contribution in [3.63, 3.8) is 0 Å². The summed E-state index contributed by atoms with van der Waals surface area (Å²) in [4.78, 5) is 17.9. The summed E-state index contributed by atoms with van der Waals surface area (Å²) in [5.41, 5.74) is 2.11. The van der Waals surface area contributed by atoms with E-state index in [4.69, 9.17) is 4.42 Å². The number of nitrogens with zero attached hydrogens (tertiary/aromatic N) is 5. The van der Waals surface area contributed by atoms with Crippen molar-refractivity contribution in [2.24, 2.45) is 0 Å². The summed E-state index contributed by atoms with van der Waals surface area (Å²) in [5.74, 6) is 1.55. The van der Waals surface area contributed by atoms with Gasteiger partial charge in [-0.25, -0.2) is 15.0 Å². The topological polar surface area (TPSA) is 58.3 Å². The Kier molecular flexibility index (Phi) is 4.38. The highest BCUT2D eigenvalue weighted by molar-refractivity contribution is 5.30. The maximum atomic E-state index is 5.27. The summed E-state index contributed by atoms with van der Waals surface area (Å²) in [5, 5.41) is 0. The Labute approximate surface area is 131 Å². The van der Waals surface area contributed by atoms with Crippen molar-refractivity contribution in [1.29, 1.82) is 0 Å². The van der Waals surface area contributed by atoms with Crippen LogP contribution in [0.2, 0.25) is 0 Å². The predicted molar refractivity (Wildman–Crippen MR) is 84.7 cm³/mol. The number of hydrogen-bond donors (Lipinski definition) is 0. The molecule has 0 unspecified atom stereocenters. The van der Waals surface area contributed by atoms with Crippen molar-refractivity contribution >= 4 is 5.95 Å². The lowest BCUT2D eigenvalue weighted by Crippen LogP contribution is -2.43. The highest BCUT2D eigenvalue weighted by Gasteiger charge is 2.24. The van der Waals surface area contributed by atoms with Crippen LogP contribution in [-0.4, -0.2) is 46.0 Å². The van der Waals surface area contributed by atoms with Gasteiger partial charge in [0.1, 0.15) is 6.26 Å². The van der Waals surface area contributed by atoms with Gasteiger partial charge in [0.05, 0.1) is 5.69 Å². The van der Waals surface area contributed by atoms with E-state index < -0.39 is 0 Å². The van der Waals surface area contributed by atoms with E-state index in [0.29, 0.717) is 6.04 Å². The zero-order valence-electron chi connectivity index (χ0n) is 13.5. The molecule has 118 valence electrons. The number of likely N-dealkylation sites (tertiary alicyclic amines) is 1. The van der Waals surface area contributed by atoms with E-state index in [2.05, 4.69) is 31.8 Å². The van der Waals surface area contributed by atoms with E-state index in [1.54, 1.807) is 6.26 Å². The fourth-order valence-corrected chi connectivity index (χ4v) is 2.91. The van der Waals surface area contributed by atoms with Gasteiger partial charge in [-0.3, -0.25) is 4.90 Å². The number of aryl methyl sites for hydroxylation is 2. The van der Waals surface area contributed by atoms with Crippen LogP contribution in [0.25, 0.3) is 0 Å². The Morgan fingerprint density at radius 3 is 2.50 bits per heavy atom. The monoisotopic (exact) mass is 301 g/mol. The Bertz CT molecular complexity index is 601. The molecule has 3 heterocycles. The van der Waals surface area contributed by atoms with E-state index in [1.165, 1.54) is 0 Å². The molecule has 0 radical (unpaired) electrons. The number of aromatic nitrogens is 3. The van der Waals surface area contributed by atoms with Crippen molar-refractivity contribution in [1.82, 2.24) is 19.9 Å². The first kappa shape index (κ1) is 15.0. The highest BCUT2D eigenvalue weighted by atomic mass is 16.3. The van der Waals surface area contributed by atoms with Gasteiger partial charge in [-0.15, -0.1) is 0 Å². The molecule has 1 aliphatic rings. The Hall–Kier alpha value is -1.95. The molecule has 0 saturated carbocycles. The number of oxazole rings is 1. The summed E-state index contributed by atoms with van der Waals surface area (Å²) in [6.07, 6.45) is 7.74. The molecular formula is C16H23N5O. The Balaban J connectivity index is 1.53. The fourth-order valence-electron chi connectivity index (χ4n) is 2.91. The van der Waals surface area contributed by atoms with Crippen LogP contribution in [0.15, 0.2) is 23.1 Å². The minimum absolute atomic E-state index is 0.498. The molecule has 6 nitrogen and oxygen atoms in total. The molecule has 1 fully saturated rings.